The molecule has 2 heterocycles. The van der Waals surface area contributed by atoms with E-state index in [9.17, 15) is 0 Å². The summed E-state index contributed by atoms with van der Waals surface area (Å²) in [5.74, 6) is 0. The molecule has 1 aliphatic rings. The molecule has 0 radical (unpaired) electrons. The Morgan fingerprint density at radius 3 is 2.75 bits per heavy atom. The van der Waals surface area contributed by atoms with E-state index in [-0.39, 0.29) is 0 Å². The number of nitrogens with zero attached hydrogens (tertiary/aromatic N) is 1. The van der Waals surface area contributed by atoms with Gasteiger partial charge in [-0.2, -0.15) is 0 Å². The Bertz CT molecular complexity index is 691. The number of rotatable bonds is 0. The molecule has 0 bridgehead atoms. The van der Waals surface area contributed by atoms with Crippen molar-refractivity contribution in [3.63, 3.8) is 0 Å². The van der Waals surface area contributed by atoms with E-state index in [1.54, 1.807) is 0 Å². The molecule has 0 amide bonds. The summed E-state index contributed by atoms with van der Waals surface area (Å²) in [5.41, 5.74) is 6.98. The van der Waals surface area contributed by atoms with E-state index in [4.69, 9.17) is 0 Å². The lowest BCUT2D eigenvalue weighted by Gasteiger charge is -1.99. The van der Waals surface area contributed by atoms with E-state index in [2.05, 4.69) is 59.1 Å². The number of benzene rings is 1. The predicted molar refractivity (Wildman–Crippen MR) is 65.6 cm³/mol. The standard InChI is InChI=1S/C15H11N/c1-2-7-13-11(5-1)9-15-14(13)10-12-6-3-4-8-16(12)15/h1-8,10H,9H2. The van der Waals surface area contributed by atoms with Crippen LogP contribution in [0.3, 0.4) is 0 Å². The average molecular weight is 205 g/mol. The van der Waals surface area contributed by atoms with Crippen LogP contribution in [-0.2, 0) is 6.42 Å². The maximum Gasteiger partial charge on any atom is 0.0459 e. The number of hydrogen-bond donors (Lipinski definition) is 0. The molecule has 0 atom stereocenters. The van der Waals surface area contributed by atoms with Gasteiger partial charge in [0.15, 0.2) is 0 Å². The summed E-state index contributed by atoms with van der Waals surface area (Å²) in [4.78, 5) is 0. The van der Waals surface area contributed by atoms with E-state index < -0.39 is 0 Å². The topological polar surface area (TPSA) is 4.41 Å². The molecular weight excluding hydrogens is 194 g/mol. The van der Waals surface area contributed by atoms with Gasteiger partial charge in [0.1, 0.15) is 0 Å². The van der Waals surface area contributed by atoms with Crippen molar-refractivity contribution < 1.29 is 0 Å². The van der Waals surface area contributed by atoms with Gasteiger partial charge in [-0.25, -0.2) is 0 Å². The fourth-order valence-electron chi connectivity index (χ4n) is 2.71. The minimum Gasteiger partial charge on any atom is -0.320 e. The number of hydrogen-bond acceptors (Lipinski definition) is 0. The first-order chi connectivity index (χ1) is 7.93. The number of pyridine rings is 1. The van der Waals surface area contributed by atoms with Gasteiger partial charge in [-0.3, -0.25) is 0 Å². The molecule has 0 saturated heterocycles. The molecule has 16 heavy (non-hydrogen) atoms. The van der Waals surface area contributed by atoms with Crippen molar-refractivity contribution in [2.75, 3.05) is 0 Å². The van der Waals surface area contributed by atoms with Gasteiger partial charge in [0.05, 0.1) is 0 Å². The first-order valence-electron chi connectivity index (χ1n) is 5.61. The van der Waals surface area contributed by atoms with Crippen molar-refractivity contribution in [1.82, 2.24) is 4.40 Å². The quantitative estimate of drug-likeness (QED) is 0.414. The van der Waals surface area contributed by atoms with E-state index >= 15 is 0 Å². The lowest BCUT2D eigenvalue weighted by atomic mass is 10.1. The average Bonchev–Trinajstić information content (AvgIpc) is 2.85. The Morgan fingerprint density at radius 1 is 0.875 bits per heavy atom. The van der Waals surface area contributed by atoms with E-state index in [0.29, 0.717) is 0 Å². The van der Waals surface area contributed by atoms with Crippen molar-refractivity contribution >= 4 is 5.52 Å². The van der Waals surface area contributed by atoms with Crippen LogP contribution in [0, 0.1) is 0 Å². The van der Waals surface area contributed by atoms with Crippen molar-refractivity contribution in [1.29, 1.82) is 0 Å². The molecule has 1 aliphatic carbocycles. The van der Waals surface area contributed by atoms with Crippen molar-refractivity contribution in [2.24, 2.45) is 0 Å². The highest BCUT2D eigenvalue weighted by atomic mass is 14.9. The van der Waals surface area contributed by atoms with Crippen LogP contribution in [0.1, 0.15) is 11.3 Å². The molecule has 1 nitrogen and oxygen atoms in total. The third kappa shape index (κ3) is 0.904. The smallest absolute Gasteiger partial charge is 0.0459 e. The van der Waals surface area contributed by atoms with Crippen molar-refractivity contribution in [3.05, 3.63) is 66.0 Å². The monoisotopic (exact) mass is 205 g/mol. The molecule has 1 heteroatoms. The summed E-state index contributed by atoms with van der Waals surface area (Å²) in [5, 5.41) is 0. The normalized spacial score (nSPS) is 12.8. The summed E-state index contributed by atoms with van der Waals surface area (Å²) < 4.78 is 2.30. The van der Waals surface area contributed by atoms with Gasteiger partial charge in [0.2, 0.25) is 0 Å². The molecule has 0 spiro atoms. The molecular formula is C15H11N. The third-order valence-electron chi connectivity index (χ3n) is 3.45. The van der Waals surface area contributed by atoms with Gasteiger partial charge in [0.25, 0.3) is 0 Å². The maximum absolute atomic E-state index is 2.30. The van der Waals surface area contributed by atoms with Crippen LogP contribution in [0.15, 0.2) is 54.7 Å². The molecule has 4 rings (SSSR count). The predicted octanol–water partition coefficient (Wildman–Crippen LogP) is 3.51. The molecule has 3 aromatic rings. The number of aromatic nitrogens is 1. The summed E-state index contributed by atoms with van der Waals surface area (Å²) in [6.07, 6.45) is 3.21. The van der Waals surface area contributed by atoms with Gasteiger partial charge >= 0.3 is 0 Å². The first-order valence-corrected chi connectivity index (χ1v) is 5.61. The fourth-order valence-corrected chi connectivity index (χ4v) is 2.71. The van der Waals surface area contributed by atoms with Gasteiger partial charge in [0, 0.05) is 29.4 Å². The highest BCUT2D eigenvalue weighted by Crippen LogP contribution is 2.38. The second kappa shape index (κ2) is 2.76. The Balaban J connectivity index is 2.12. The highest BCUT2D eigenvalue weighted by molar-refractivity contribution is 5.80. The van der Waals surface area contributed by atoms with E-state index in [1.165, 1.54) is 27.9 Å². The van der Waals surface area contributed by atoms with Gasteiger partial charge < -0.3 is 4.40 Å². The number of fused-ring (bicyclic) bond motifs is 5. The summed E-state index contributed by atoms with van der Waals surface area (Å²) in [7, 11) is 0. The molecule has 76 valence electrons. The third-order valence-corrected chi connectivity index (χ3v) is 3.45. The largest absolute Gasteiger partial charge is 0.320 e. The van der Waals surface area contributed by atoms with E-state index in [0.717, 1.165) is 6.42 Å². The second-order valence-electron chi connectivity index (χ2n) is 4.33. The molecule has 0 saturated carbocycles. The van der Waals surface area contributed by atoms with Gasteiger partial charge in [-0.15, -0.1) is 0 Å². The fraction of sp³-hybridized carbons (Fsp3) is 0.0667. The van der Waals surface area contributed by atoms with Crippen molar-refractivity contribution in [3.8, 4) is 11.1 Å². The molecule has 0 aliphatic heterocycles. The van der Waals surface area contributed by atoms with Gasteiger partial charge in [-0.05, 0) is 29.3 Å². The Kier molecular flexibility index (Phi) is 1.41. The molecule has 0 unspecified atom stereocenters. The maximum atomic E-state index is 2.30. The Labute approximate surface area is 94.0 Å². The van der Waals surface area contributed by atoms with E-state index in [1.807, 2.05) is 0 Å². The molecule has 0 fully saturated rings. The van der Waals surface area contributed by atoms with Crippen molar-refractivity contribution in [2.45, 2.75) is 6.42 Å². The molecule has 1 aromatic carbocycles. The van der Waals surface area contributed by atoms with Crippen LogP contribution >= 0.6 is 0 Å². The van der Waals surface area contributed by atoms with Crippen LogP contribution in [0.4, 0.5) is 0 Å². The highest BCUT2D eigenvalue weighted by Gasteiger charge is 2.21. The Hall–Kier alpha value is -2.02. The zero-order valence-electron chi connectivity index (χ0n) is 8.85. The summed E-state index contributed by atoms with van der Waals surface area (Å²) in [6.45, 7) is 0. The van der Waals surface area contributed by atoms with Crippen LogP contribution in [0.25, 0.3) is 16.6 Å². The lowest BCUT2D eigenvalue weighted by Crippen LogP contribution is -1.89. The Morgan fingerprint density at radius 2 is 1.75 bits per heavy atom. The van der Waals surface area contributed by atoms with Crippen LogP contribution < -0.4 is 0 Å². The zero-order chi connectivity index (χ0) is 10.5. The molecule has 0 N–H and O–H groups in total. The first kappa shape index (κ1) is 8.17. The van der Waals surface area contributed by atoms with Crippen LogP contribution in [-0.4, -0.2) is 4.40 Å². The van der Waals surface area contributed by atoms with Gasteiger partial charge in [-0.1, -0.05) is 30.3 Å². The van der Waals surface area contributed by atoms with Crippen LogP contribution in [0.5, 0.6) is 0 Å². The SMILES string of the molecule is c1ccc2c(c1)Cc1c-2cc2ccccn12. The lowest BCUT2D eigenvalue weighted by molar-refractivity contribution is 1.05. The van der Waals surface area contributed by atoms with Crippen LogP contribution in [0.2, 0.25) is 0 Å². The summed E-state index contributed by atoms with van der Waals surface area (Å²) >= 11 is 0. The molecule has 2 aromatic heterocycles. The minimum atomic E-state index is 1.06. The second-order valence-corrected chi connectivity index (χ2v) is 4.33. The zero-order valence-corrected chi connectivity index (χ0v) is 8.85. The minimum absolute atomic E-state index is 1.06. The summed E-state index contributed by atoms with van der Waals surface area (Å²) in [6, 6.07) is 17.3.